The molecule has 0 heterocycles. The zero-order chi connectivity index (χ0) is 12.3. The van der Waals surface area contributed by atoms with Gasteiger partial charge in [-0.25, -0.2) is 0 Å². The van der Waals surface area contributed by atoms with Crippen molar-refractivity contribution in [3.63, 3.8) is 0 Å². The molecular weight excluding hydrogens is 196 g/mol. The molecule has 0 aliphatic heterocycles. The molecule has 0 radical (unpaired) electrons. The molecule has 2 heteroatoms. The van der Waals surface area contributed by atoms with Crippen LogP contribution in [-0.4, -0.2) is 0 Å². The molecule has 0 spiro atoms. The van der Waals surface area contributed by atoms with E-state index < -0.39 is 0 Å². The molecule has 0 aliphatic rings. The molecule has 0 saturated heterocycles. The van der Waals surface area contributed by atoms with E-state index in [-0.39, 0.29) is 6.04 Å². The number of hydrazine groups is 1. The third kappa shape index (κ3) is 2.63. The van der Waals surface area contributed by atoms with Crippen LogP contribution in [-0.2, 0) is 0 Å². The van der Waals surface area contributed by atoms with Crippen molar-refractivity contribution in [2.45, 2.75) is 40.7 Å². The van der Waals surface area contributed by atoms with Gasteiger partial charge >= 0.3 is 0 Å². The molecule has 0 aromatic heterocycles. The molecule has 1 rings (SSSR count). The van der Waals surface area contributed by atoms with Gasteiger partial charge in [0.05, 0.1) is 0 Å². The van der Waals surface area contributed by atoms with Crippen LogP contribution in [0.25, 0.3) is 0 Å². The summed E-state index contributed by atoms with van der Waals surface area (Å²) in [4.78, 5) is 0. The third-order valence-electron chi connectivity index (χ3n) is 3.74. The Kier molecular flexibility index (Phi) is 4.51. The number of hydrogen-bond acceptors (Lipinski definition) is 2. The van der Waals surface area contributed by atoms with Gasteiger partial charge in [-0.15, -0.1) is 0 Å². The fourth-order valence-corrected chi connectivity index (χ4v) is 2.02. The fraction of sp³-hybridized carbons (Fsp3) is 0.571. The van der Waals surface area contributed by atoms with E-state index in [4.69, 9.17) is 5.84 Å². The van der Waals surface area contributed by atoms with E-state index in [0.717, 1.165) is 0 Å². The lowest BCUT2D eigenvalue weighted by molar-refractivity contribution is 0.305. The standard InChI is InChI=1S/C14H24N2/c1-9(2)11(4)14(16-15)13-8-6-7-10(3)12(13)5/h6-9,11,14,16H,15H2,1-5H3. The monoisotopic (exact) mass is 220 g/mol. The Bertz CT molecular complexity index is 345. The fourth-order valence-electron chi connectivity index (χ4n) is 2.02. The lowest BCUT2D eigenvalue weighted by Gasteiger charge is -2.28. The van der Waals surface area contributed by atoms with Gasteiger partial charge < -0.3 is 0 Å². The number of aryl methyl sites for hydroxylation is 1. The largest absolute Gasteiger partial charge is 0.271 e. The highest BCUT2D eigenvalue weighted by molar-refractivity contribution is 5.35. The van der Waals surface area contributed by atoms with Gasteiger partial charge in [-0.05, 0) is 42.4 Å². The number of nitrogens with one attached hydrogen (secondary N) is 1. The van der Waals surface area contributed by atoms with Gasteiger partial charge in [0.15, 0.2) is 0 Å². The van der Waals surface area contributed by atoms with Crippen LogP contribution in [0.5, 0.6) is 0 Å². The van der Waals surface area contributed by atoms with Crippen molar-refractivity contribution in [3.05, 3.63) is 34.9 Å². The summed E-state index contributed by atoms with van der Waals surface area (Å²) in [5, 5.41) is 0. The topological polar surface area (TPSA) is 38.0 Å². The SMILES string of the molecule is Cc1cccc(C(NN)C(C)C(C)C)c1C. The summed E-state index contributed by atoms with van der Waals surface area (Å²) in [6, 6.07) is 6.66. The Morgan fingerprint density at radius 3 is 2.25 bits per heavy atom. The molecule has 2 unspecified atom stereocenters. The molecule has 3 N–H and O–H groups in total. The number of nitrogens with two attached hydrogens (primary N) is 1. The molecule has 0 amide bonds. The predicted octanol–water partition coefficient (Wildman–Crippen LogP) is 3.10. The average Bonchev–Trinajstić information content (AvgIpc) is 2.24. The predicted molar refractivity (Wildman–Crippen MR) is 70.0 cm³/mol. The van der Waals surface area contributed by atoms with E-state index >= 15 is 0 Å². The van der Waals surface area contributed by atoms with Crippen molar-refractivity contribution in [1.29, 1.82) is 0 Å². The third-order valence-corrected chi connectivity index (χ3v) is 3.74. The first-order chi connectivity index (χ1) is 7.49. The van der Waals surface area contributed by atoms with Gasteiger partial charge in [-0.3, -0.25) is 11.3 Å². The minimum Gasteiger partial charge on any atom is -0.271 e. The highest BCUT2D eigenvalue weighted by Gasteiger charge is 2.22. The van der Waals surface area contributed by atoms with Gasteiger partial charge in [0, 0.05) is 6.04 Å². The minimum atomic E-state index is 0.236. The summed E-state index contributed by atoms with van der Waals surface area (Å²) >= 11 is 0. The second-order valence-electron chi connectivity index (χ2n) is 5.04. The maximum absolute atomic E-state index is 5.71. The summed E-state index contributed by atoms with van der Waals surface area (Å²) in [6.45, 7) is 11.0. The van der Waals surface area contributed by atoms with Gasteiger partial charge in [0.1, 0.15) is 0 Å². The zero-order valence-corrected chi connectivity index (χ0v) is 11.0. The van der Waals surface area contributed by atoms with Crippen LogP contribution in [0, 0.1) is 25.7 Å². The van der Waals surface area contributed by atoms with Crippen LogP contribution in [0.1, 0.15) is 43.5 Å². The Hall–Kier alpha value is -0.860. The van der Waals surface area contributed by atoms with Gasteiger partial charge in [0.2, 0.25) is 0 Å². The molecule has 16 heavy (non-hydrogen) atoms. The van der Waals surface area contributed by atoms with Crippen LogP contribution in [0.15, 0.2) is 18.2 Å². The van der Waals surface area contributed by atoms with E-state index in [1.807, 2.05) is 0 Å². The normalized spacial score (nSPS) is 15.2. The number of hydrogen-bond donors (Lipinski definition) is 2. The lowest BCUT2D eigenvalue weighted by atomic mass is 9.84. The van der Waals surface area contributed by atoms with E-state index in [1.165, 1.54) is 16.7 Å². The van der Waals surface area contributed by atoms with E-state index in [9.17, 15) is 0 Å². The van der Waals surface area contributed by atoms with Crippen LogP contribution in [0.2, 0.25) is 0 Å². The Morgan fingerprint density at radius 2 is 1.75 bits per heavy atom. The molecule has 0 bridgehead atoms. The molecule has 1 aromatic carbocycles. The van der Waals surface area contributed by atoms with Crippen molar-refractivity contribution >= 4 is 0 Å². The summed E-state index contributed by atoms with van der Waals surface area (Å²) in [7, 11) is 0. The van der Waals surface area contributed by atoms with E-state index in [1.54, 1.807) is 0 Å². The molecule has 0 fully saturated rings. The summed E-state index contributed by atoms with van der Waals surface area (Å²) in [5.74, 6) is 6.84. The van der Waals surface area contributed by atoms with Crippen molar-refractivity contribution < 1.29 is 0 Å². The second kappa shape index (κ2) is 5.46. The zero-order valence-electron chi connectivity index (χ0n) is 11.0. The summed E-state index contributed by atoms with van der Waals surface area (Å²) in [6.07, 6.45) is 0. The van der Waals surface area contributed by atoms with Crippen molar-refractivity contribution in [3.8, 4) is 0 Å². The van der Waals surface area contributed by atoms with Crippen LogP contribution in [0.4, 0.5) is 0 Å². The van der Waals surface area contributed by atoms with Crippen molar-refractivity contribution in [1.82, 2.24) is 5.43 Å². The molecule has 2 nitrogen and oxygen atoms in total. The maximum atomic E-state index is 5.71. The lowest BCUT2D eigenvalue weighted by Crippen LogP contribution is -2.35. The first kappa shape index (κ1) is 13.2. The number of rotatable bonds is 4. The summed E-state index contributed by atoms with van der Waals surface area (Å²) in [5.41, 5.74) is 6.96. The Morgan fingerprint density at radius 1 is 1.12 bits per heavy atom. The van der Waals surface area contributed by atoms with Crippen molar-refractivity contribution in [2.24, 2.45) is 17.7 Å². The molecular formula is C14H24N2. The second-order valence-corrected chi connectivity index (χ2v) is 5.04. The quantitative estimate of drug-likeness (QED) is 0.604. The Balaban J connectivity index is 3.09. The molecule has 2 atom stereocenters. The maximum Gasteiger partial charge on any atom is 0.0490 e. The average molecular weight is 220 g/mol. The molecule has 0 aliphatic carbocycles. The molecule has 1 aromatic rings. The molecule has 90 valence electrons. The number of benzene rings is 1. The smallest absolute Gasteiger partial charge is 0.0490 e. The summed E-state index contributed by atoms with van der Waals surface area (Å²) < 4.78 is 0. The van der Waals surface area contributed by atoms with E-state index in [0.29, 0.717) is 11.8 Å². The van der Waals surface area contributed by atoms with Crippen LogP contribution in [0.3, 0.4) is 0 Å². The van der Waals surface area contributed by atoms with Gasteiger partial charge in [-0.1, -0.05) is 39.0 Å². The van der Waals surface area contributed by atoms with Crippen LogP contribution >= 0.6 is 0 Å². The first-order valence-corrected chi connectivity index (χ1v) is 6.01. The minimum absolute atomic E-state index is 0.236. The van der Waals surface area contributed by atoms with Gasteiger partial charge in [-0.2, -0.15) is 0 Å². The Labute approximate surface area is 99.2 Å². The van der Waals surface area contributed by atoms with Crippen LogP contribution < -0.4 is 11.3 Å². The van der Waals surface area contributed by atoms with Crippen molar-refractivity contribution in [2.75, 3.05) is 0 Å². The molecule has 0 saturated carbocycles. The van der Waals surface area contributed by atoms with Gasteiger partial charge in [0.25, 0.3) is 0 Å². The highest BCUT2D eigenvalue weighted by Crippen LogP contribution is 2.29. The highest BCUT2D eigenvalue weighted by atomic mass is 15.2. The van der Waals surface area contributed by atoms with E-state index in [2.05, 4.69) is 58.2 Å². The first-order valence-electron chi connectivity index (χ1n) is 6.01.